The summed E-state index contributed by atoms with van der Waals surface area (Å²) >= 11 is 0. The van der Waals surface area contributed by atoms with Gasteiger partial charge < -0.3 is 0 Å². The van der Waals surface area contributed by atoms with E-state index in [0.717, 1.165) is 24.1 Å². The van der Waals surface area contributed by atoms with Crippen molar-refractivity contribution in [1.29, 1.82) is 5.26 Å². The zero-order valence-electron chi connectivity index (χ0n) is 10.5. The van der Waals surface area contributed by atoms with E-state index in [-0.39, 0.29) is 0 Å². The SMILES string of the molecule is Cc1cc(C#N)ccc1-c1cnn2c1CCCC2. The largest absolute Gasteiger partial charge is 0.269 e. The van der Waals surface area contributed by atoms with E-state index < -0.39 is 0 Å². The minimum atomic E-state index is 0.720. The van der Waals surface area contributed by atoms with Crippen molar-refractivity contribution in [2.75, 3.05) is 0 Å². The zero-order chi connectivity index (χ0) is 12.5. The van der Waals surface area contributed by atoms with Gasteiger partial charge in [0.05, 0.1) is 17.8 Å². The first-order chi connectivity index (χ1) is 8.79. The molecule has 1 aliphatic rings. The topological polar surface area (TPSA) is 41.6 Å². The van der Waals surface area contributed by atoms with Gasteiger partial charge in [-0.15, -0.1) is 0 Å². The normalized spacial score (nSPS) is 14.0. The van der Waals surface area contributed by atoms with E-state index in [9.17, 15) is 0 Å². The predicted octanol–water partition coefficient (Wildman–Crippen LogP) is 3.07. The van der Waals surface area contributed by atoms with Crippen molar-refractivity contribution in [2.24, 2.45) is 0 Å². The van der Waals surface area contributed by atoms with E-state index in [1.807, 2.05) is 24.4 Å². The van der Waals surface area contributed by atoms with Gasteiger partial charge in [0.15, 0.2) is 0 Å². The van der Waals surface area contributed by atoms with E-state index in [1.54, 1.807) is 0 Å². The first-order valence-electron chi connectivity index (χ1n) is 6.35. The summed E-state index contributed by atoms with van der Waals surface area (Å²) in [6.07, 6.45) is 5.54. The van der Waals surface area contributed by atoms with Gasteiger partial charge in [0.25, 0.3) is 0 Å². The molecule has 0 aliphatic carbocycles. The molecule has 1 aromatic heterocycles. The van der Waals surface area contributed by atoms with Gasteiger partial charge in [0.1, 0.15) is 0 Å². The highest BCUT2D eigenvalue weighted by Crippen LogP contribution is 2.30. The third-order valence-electron chi connectivity index (χ3n) is 3.63. The van der Waals surface area contributed by atoms with Gasteiger partial charge >= 0.3 is 0 Å². The third kappa shape index (κ3) is 1.70. The molecule has 3 rings (SSSR count). The minimum absolute atomic E-state index is 0.720. The lowest BCUT2D eigenvalue weighted by atomic mass is 9.96. The highest BCUT2D eigenvalue weighted by molar-refractivity contribution is 5.70. The number of fused-ring (bicyclic) bond motifs is 1. The fourth-order valence-corrected chi connectivity index (χ4v) is 2.68. The monoisotopic (exact) mass is 237 g/mol. The maximum absolute atomic E-state index is 8.91. The molecule has 0 radical (unpaired) electrons. The molecule has 1 aromatic carbocycles. The predicted molar refractivity (Wildman–Crippen MR) is 70.1 cm³/mol. The smallest absolute Gasteiger partial charge is 0.0991 e. The van der Waals surface area contributed by atoms with Crippen LogP contribution in [-0.4, -0.2) is 9.78 Å². The van der Waals surface area contributed by atoms with Gasteiger partial charge in [-0.25, -0.2) is 0 Å². The number of nitriles is 1. The molecule has 0 atom stereocenters. The van der Waals surface area contributed by atoms with E-state index in [4.69, 9.17) is 5.26 Å². The molecule has 0 spiro atoms. The van der Waals surface area contributed by atoms with Crippen LogP contribution in [0.4, 0.5) is 0 Å². The van der Waals surface area contributed by atoms with Crippen molar-refractivity contribution >= 4 is 0 Å². The highest BCUT2D eigenvalue weighted by Gasteiger charge is 2.16. The number of hydrogen-bond donors (Lipinski definition) is 0. The number of nitrogens with zero attached hydrogens (tertiary/aromatic N) is 3. The number of aryl methyl sites for hydroxylation is 2. The summed E-state index contributed by atoms with van der Waals surface area (Å²) in [5, 5.41) is 13.4. The highest BCUT2D eigenvalue weighted by atomic mass is 15.3. The maximum Gasteiger partial charge on any atom is 0.0991 e. The number of rotatable bonds is 1. The van der Waals surface area contributed by atoms with Crippen LogP contribution in [0.3, 0.4) is 0 Å². The van der Waals surface area contributed by atoms with Crippen molar-refractivity contribution in [3.8, 4) is 17.2 Å². The number of benzene rings is 1. The molecule has 0 saturated heterocycles. The average molecular weight is 237 g/mol. The summed E-state index contributed by atoms with van der Waals surface area (Å²) in [6.45, 7) is 3.09. The second-order valence-corrected chi connectivity index (χ2v) is 4.83. The number of aromatic nitrogens is 2. The van der Waals surface area contributed by atoms with E-state index in [0.29, 0.717) is 0 Å². The van der Waals surface area contributed by atoms with Crippen LogP contribution in [0.15, 0.2) is 24.4 Å². The Kier molecular flexibility index (Phi) is 2.64. The molecule has 18 heavy (non-hydrogen) atoms. The van der Waals surface area contributed by atoms with Crippen LogP contribution in [-0.2, 0) is 13.0 Å². The molecule has 3 heteroatoms. The first kappa shape index (κ1) is 11.0. The van der Waals surface area contributed by atoms with Crippen molar-refractivity contribution in [1.82, 2.24) is 9.78 Å². The molecule has 0 unspecified atom stereocenters. The Balaban J connectivity index is 2.10. The van der Waals surface area contributed by atoms with Gasteiger partial charge in [-0.1, -0.05) is 6.07 Å². The molecular formula is C15H15N3. The fraction of sp³-hybridized carbons (Fsp3) is 0.333. The van der Waals surface area contributed by atoms with E-state index in [2.05, 4.69) is 22.8 Å². The summed E-state index contributed by atoms with van der Waals surface area (Å²) in [7, 11) is 0. The summed E-state index contributed by atoms with van der Waals surface area (Å²) in [5.41, 5.74) is 5.65. The van der Waals surface area contributed by atoms with Crippen molar-refractivity contribution < 1.29 is 0 Å². The van der Waals surface area contributed by atoms with Gasteiger partial charge in [0, 0.05) is 17.8 Å². The molecule has 0 bridgehead atoms. The zero-order valence-corrected chi connectivity index (χ0v) is 10.5. The van der Waals surface area contributed by atoms with Crippen LogP contribution in [0.2, 0.25) is 0 Å². The summed E-state index contributed by atoms with van der Waals surface area (Å²) < 4.78 is 2.12. The van der Waals surface area contributed by atoms with Gasteiger partial charge in [-0.2, -0.15) is 10.4 Å². The molecule has 3 nitrogen and oxygen atoms in total. The standard InChI is InChI=1S/C15H15N3/c1-11-8-12(9-16)5-6-13(11)14-10-17-18-7-3-2-4-15(14)18/h5-6,8,10H,2-4,7H2,1H3. The van der Waals surface area contributed by atoms with Crippen molar-refractivity contribution in [3.63, 3.8) is 0 Å². The van der Waals surface area contributed by atoms with Gasteiger partial charge in [-0.3, -0.25) is 4.68 Å². The second-order valence-electron chi connectivity index (χ2n) is 4.83. The molecule has 2 aromatic rings. The van der Waals surface area contributed by atoms with Crippen LogP contribution in [0.1, 0.15) is 29.7 Å². The van der Waals surface area contributed by atoms with Gasteiger partial charge in [-0.05, 0) is 49.4 Å². The second kappa shape index (κ2) is 4.30. The summed E-state index contributed by atoms with van der Waals surface area (Å²) in [6, 6.07) is 8.05. The van der Waals surface area contributed by atoms with Crippen LogP contribution >= 0.6 is 0 Å². The quantitative estimate of drug-likeness (QED) is 0.764. The Morgan fingerprint density at radius 1 is 1.28 bits per heavy atom. The van der Waals surface area contributed by atoms with Crippen molar-refractivity contribution in [3.05, 3.63) is 41.2 Å². The summed E-state index contributed by atoms with van der Waals surface area (Å²) in [5.74, 6) is 0. The molecule has 0 amide bonds. The third-order valence-corrected chi connectivity index (χ3v) is 3.63. The first-order valence-corrected chi connectivity index (χ1v) is 6.35. The van der Waals surface area contributed by atoms with Gasteiger partial charge in [0.2, 0.25) is 0 Å². The molecule has 1 aliphatic heterocycles. The fourth-order valence-electron chi connectivity index (χ4n) is 2.68. The van der Waals surface area contributed by atoms with E-state index in [1.165, 1.54) is 29.7 Å². The minimum Gasteiger partial charge on any atom is -0.269 e. The lowest BCUT2D eigenvalue weighted by molar-refractivity contribution is 0.487. The lowest BCUT2D eigenvalue weighted by Crippen LogP contribution is -2.11. The Bertz CT molecular complexity index is 632. The molecule has 90 valence electrons. The number of hydrogen-bond acceptors (Lipinski definition) is 2. The molecular weight excluding hydrogens is 222 g/mol. The maximum atomic E-state index is 8.91. The summed E-state index contributed by atoms with van der Waals surface area (Å²) in [4.78, 5) is 0. The van der Waals surface area contributed by atoms with Crippen LogP contribution in [0.5, 0.6) is 0 Å². The van der Waals surface area contributed by atoms with Crippen LogP contribution in [0.25, 0.3) is 11.1 Å². The van der Waals surface area contributed by atoms with Crippen molar-refractivity contribution in [2.45, 2.75) is 32.7 Å². The molecule has 0 N–H and O–H groups in total. The van der Waals surface area contributed by atoms with Crippen LogP contribution < -0.4 is 0 Å². The molecule has 2 heterocycles. The Labute approximate surface area is 107 Å². The lowest BCUT2D eigenvalue weighted by Gasteiger charge is -2.15. The van der Waals surface area contributed by atoms with E-state index >= 15 is 0 Å². The Hall–Kier alpha value is -2.08. The van der Waals surface area contributed by atoms with Crippen LogP contribution in [0, 0.1) is 18.3 Å². The Morgan fingerprint density at radius 3 is 2.94 bits per heavy atom. The Morgan fingerprint density at radius 2 is 2.17 bits per heavy atom. The molecule has 0 saturated carbocycles. The molecule has 0 fully saturated rings. The average Bonchev–Trinajstić information content (AvgIpc) is 2.82.